The van der Waals surface area contributed by atoms with Gasteiger partial charge in [0.15, 0.2) is 0 Å². The lowest BCUT2D eigenvalue weighted by Crippen LogP contribution is -1.83. The van der Waals surface area contributed by atoms with Crippen molar-refractivity contribution in [3.8, 4) is 0 Å². The molecule has 0 fully saturated rings. The minimum absolute atomic E-state index is 0.446. The highest BCUT2D eigenvalue weighted by Crippen LogP contribution is 2.32. The van der Waals surface area contributed by atoms with Crippen LogP contribution in [-0.4, -0.2) is 26.0 Å². The van der Waals surface area contributed by atoms with Gasteiger partial charge >= 0.3 is 7.54 Å². The Balaban J connectivity index is 0. The molecule has 0 bridgehead atoms. The quantitative estimate of drug-likeness (QED) is 0.467. The standard InChI is InChI=1S/C6H15P.BF3/c1-4-7(5-2)6-3;2-1(3)4/h4-6H2,1-3H3;. The summed E-state index contributed by atoms with van der Waals surface area (Å²) in [5.41, 5.74) is 0. The first-order valence-electron chi connectivity index (χ1n) is 3.72. The molecule has 0 saturated heterocycles. The fraction of sp³-hybridized carbons (Fsp3) is 1.00. The van der Waals surface area contributed by atoms with Crippen molar-refractivity contribution < 1.29 is 12.9 Å². The Bertz CT molecular complexity index is 60.6. The molecule has 5 heteroatoms. The van der Waals surface area contributed by atoms with Crippen LogP contribution in [0.5, 0.6) is 0 Å². The lowest BCUT2D eigenvalue weighted by molar-refractivity contribution is 0.535. The summed E-state index contributed by atoms with van der Waals surface area (Å²) in [5.74, 6) is 0. The summed E-state index contributed by atoms with van der Waals surface area (Å²) in [5, 5.41) is 0. The summed E-state index contributed by atoms with van der Waals surface area (Å²) in [6.07, 6.45) is 4.26. The van der Waals surface area contributed by atoms with E-state index >= 15 is 0 Å². The predicted molar refractivity (Wildman–Crippen MR) is 47.6 cm³/mol. The normalized spacial score (nSPS) is 9.00. The second-order valence-corrected chi connectivity index (χ2v) is 5.11. The number of hydrogen-bond donors (Lipinski definition) is 0. The second kappa shape index (κ2) is 10.3. The van der Waals surface area contributed by atoms with Crippen molar-refractivity contribution in [3.05, 3.63) is 0 Å². The van der Waals surface area contributed by atoms with Crippen molar-refractivity contribution in [1.82, 2.24) is 0 Å². The van der Waals surface area contributed by atoms with Gasteiger partial charge in [0.05, 0.1) is 0 Å². The summed E-state index contributed by atoms with van der Waals surface area (Å²) >= 11 is 0. The Morgan fingerprint density at radius 2 is 1.09 bits per heavy atom. The highest BCUT2D eigenvalue weighted by Gasteiger charge is 2.06. The molecule has 0 spiro atoms. The van der Waals surface area contributed by atoms with Gasteiger partial charge in [-0.25, -0.2) is 0 Å². The summed E-state index contributed by atoms with van der Waals surface area (Å²) < 4.78 is 29.0. The second-order valence-electron chi connectivity index (χ2n) is 1.87. The third-order valence-corrected chi connectivity index (χ3v) is 4.02. The average molecular weight is 186 g/mol. The van der Waals surface area contributed by atoms with Crippen molar-refractivity contribution in [3.63, 3.8) is 0 Å². The Labute approximate surface area is 68.5 Å². The summed E-state index contributed by atoms with van der Waals surface area (Å²) in [7, 11) is -3.22. The van der Waals surface area contributed by atoms with E-state index in [2.05, 4.69) is 20.8 Å². The number of halogens is 3. The molecule has 0 N–H and O–H groups in total. The van der Waals surface area contributed by atoms with Crippen molar-refractivity contribution in [2.75, 3.05) is 18.5 Å². The van der Waals surface area contributed by atoms with Gasteiger partial charge in [0.2, 0.25) is 0 Å². The maximum Gasteiger partial charge on any atom is 0.762 e. The third kappa shape index (κ3) is 17.9. The molecule has 11 heavy (non-hydrogen) atoms. The molecule has 0 aromatic rings. The van der Waals surface area contributed by atoms with E-state index in [-0.39, 0.29) is 0 Å². The molecule has 0 aliphatic rings. The zero-order valence-electron chi connectivity index (χ0n) is 7.28. The van der Waals surface area contributed by atoms with Crippen LogP contribution < -0.4 is 0 Å². The van der Waals surface area contributed by atoms with Gasteiger partial charge in [0.25, 0.3) is 0 Å². The van der Waals surface area contributed by atoms with Crippen LogP contribution in [0.15, 0.2) is 0 Å². The minimum atomic E-state index is -3.67. The van der Waals surface area contributed by atoms with Gasteiger partial charge in [0.1, 0.15) is 0 Å². The van der Waals surface area contributed by atoms with Gasteiger partial charge in [-0.15, -0.1) is 7.92 Å². The molecule has 0 heterocycles. The zero-order chi connectivity index (χ0) is 9.28. The minimum Gasteiger partial charge on any atom is -0.254 e. The van der Waals surface area contributed by atoms with Gasteiger partial charge in [0, 0.05) is 0 Å². The molecule has 0 radical (unpaired) electrons. The molecular weight excluding hydrogens is 171 g/mol. The number of rotatable bonds is 3. The van der Waals surface area contributed by atoms with E-state index in [9.17, 15) is 12.9 Å². The molecule has 0 aromatic heterocycles. The van der Waals surface area contributed by atoms with Crippen LogP contribution in [0.2, 0.25) is 0 Å². The van der Waals surface area contributed by atoms with Crippen molar-refractivity contribution in [2.24, 2.45) is 0 Å². The topological polar surface area (TPSA) is 0 Å². The predicted octanol–water partition coefficient (Wildman–Crippen LogP) is 3.41. The van der Waals surface area contributed by atoms with Gasteiger partial charge in [-0.2, -0.15) is 0 Å². The van der Waals surface area contributed by atoms with Gasteiger partial charge in [-0.05, 0) is 18.5 Å². The van der Waals surface area contributed by atoms with Crippen LogP contribution >= 0.6 is 7.92 Å². The van der Waals surface area contributed by atoms with Gasteiger partial charge in [-0.3, -0.25) is 12.9 Å². The lowest BCUT2D eigenvalue weighted by atomic mass is 10.5. The largest absolute Gasteiger partial charge is 0.762 e. The number of hydrogen-bond acceptors (Lipinski definition) is 0. The monoisotopic (exact) mass is 186 g/mol. The smallest absolute Gasteiger partial charge is 0.254 e. The molecular formula is C6H15BF3P. The van der Waals surface area contributed by atoms with E-state index < -0.39 is 7.54 Å². The van der Waals surface area contributed by atoms with E-state index in [4.69, 9.17) is 0 Å². The molecule has 0 unspecified atom stereocenters. The van der Waals surface area contributed by atoms with Crippen LogP contribution in [-0.2, 0) is 0 Å². The average Bonchev–Trinajstić information content (AvgIpc) is 1.90. The highest BCUT2D eigenvalue weighted by molar-refractivity contribution is 7.57. The summed E-state index contributed by atoms with van der Waals surface area (Å²) in [4.78, 5) is 0. The van der Waals surface area contributed by atoms with Gasteiger partial charge < -0.3 is 0 Å². The van der Waals surface area contributed by atoms with Crippen molar-refractivity contribution >= 4 is 15.5 Å². The Morgan fingerprint density at radius 3 is 1.09 bits per heavy atom. The molecule has 0 atom stereocenters. The summed E-state index contributed by atoms with van der Waals surface area (Å²) in [6, 6.07) is 0. The fourth-order valence-corrected chi connectivity index (χ4v) is 2.01. The van der Waals surface area contributed by atoms with E-state index in [1.807, 2.05) is 0 Å². The molecule has 0 aromatic carbocycles. The van der Waals surface area contributed by atoms with E-state index in [0.717, 1.165) is 0 Å². The van der Waals surface area contributed by atoms with E-state index in [0.29, 0.717) is 7.92 Å². The Hall–Kier alpha value is 0.285. The molecule has 0 nitrogen and oxygen atoms in total. The van der Waals surface area contributed by atoms with Crippen LogP contribution in [0.3, 0.4) is 0 Å². The summed E-state index contributed by atoms with van der Waals surface area (Å²) in [6.45, 7) is 6.87. The molecule has 0 saturated carbocycles. The molecule has 0 aliphatic heterocycles. The van der Waals surface area contributed by atoms with Crippen LogP contribution in [0, 0.1) is 0 Å². The first-order valence-corrected chi connectivity index (χ1v) is 5.62. The first-order chi connectivity index (χ1) is 5.08. The molecule has 0 aliphatic carbocycles. The maximum absolute atomic E-state index is 9.67. The Morgan fingerprint density at radius 1 is 0.909 bits per heavy atom. The molecule has 0 amide bonds. The first kappa shape index (κ1) is 13.8. The van der Waals surface area contributed by atoms with E-state index in [1.54, 1.807) is 0 Å². The van der Waals surface area contributed by atoms with Crippen molar-refractivity contribution in [2.45, 2.75) is 20.8 Å². The van der Waals surface area contributed by atoms with E-state index in [1.165, 1.54) is 18.5 Å². The maximum atomic E-state index is 9.67. The Kier molecular flexibility index (Phi) is 12.9. The molecule has 0 rings (SSSR count). The SMILES string of the molecule is CCP(CC)CC.FB(F)F. The van der Waals surface area contributed by atoms with Gasteiger partial charge in [-0.1, -0.05) is 20.8 Å². The van der Waals surface area contributed by atoms with Crippen LogP contribution in [0.4, 0.5) is 12.9 Å². The van der Waals surface area contributed by atoms with Crippen LogP contribution in [0.1, 0.15) is 20.8 Å². The fourth-order valence-electron chi connectivity index (χ4n) is 0.671. The van der Waals surface area contributed by atoms with Crippen molar-refractivity contribution in [1.29, 1.82) is 0 Å². The van der Waals surface area contributed by atoms with Crippen LogP contribution in [0.25, 0.3) is 0 Å². The lowest BCUT2D eigenvalue weighted by Gasteiger charge is -2.07. The third-order valence-electron chi connectivity index (χ3n) is 1.34. The highest BCUT2D eigenvalue weighted by atomic mass is 31.1. The zero-order valence-corrected chi connectivity index (χ0v) is 8.17. The molecule has 68 valence electrons.